The Hall–Kier alpha value is -1.51. The highest BCUT2D eigenvalue weighted by atomic mass is 32.2. The van der Waals surface area contributed by atoms with Crippen LogP contribution in [-0.2, 0) is 16.6 Å². The number of fused-ring (bicyclic) bond motifs is 1. The monoisotopic (exact) mass is 269 g/mol. The van der Waals surface area contributed by atoms with Crippen molar-refractivity contribution >= 4 is 15.7 Å². The molecule has 8 heteroatoms. The van der Waals surface area contributed by atoms with Gasteiger partial charge < -0.3 is 5.32 Å². The Morgan fingerprint density at radius 3 is 3.00 bits per heavy atom. The normalized spacial score (nSPS) is 12.1. The Morgan fingerprint density at radius 2 is 2.28 bits per heavy atom. The lowest BCUT2D eigenvalue weighted by Crippen LogP contribution is -2.26. The summed E-state index contributed by atoms with van der Waals surface area (Å²) in [5.41, 5.74) is 2.63. The van der Waals surface area contributed by atoms with Gasteiger partial charge in [0, 0.05) is 37.1 Å². The molecule has 0 radical (unpaired) electrons. The predicted molar refractivity (Wildman–Crippen MR) is 67.4 cm³/mol. The summed E-state index contributed by atoms with van der Waals surface area (Å²) in [6.45, 7) is 2.74. The van der Waals surface area contributed by atoms with Crippen LogP contribution in [0.5, 0.6) is 0 Å². The molecule has 0 unspecified atom stereocenters. The fourth-order valence-corrected chi connectivity index (χ4v) is 2.00. The van der Waals surface area contributed by atoms with Gasteiger partial charge in [-0.15, -0.1) is 0 Å². The van der Waals surface area contributed by atoms with Crippen molar-refractivity contribution in [1.82, 2.24) is 19.9 Å². The van der Waals surface area contributed by atoms with Crippen LogP contribution in [0.25, 0.3) is 5.65 Å². The molecule has 0 aliphatic carbocycles. The van der Waals surface area contributed by atoms with Crippen LogP contribution in [0.1, 0.15) is 11.3 Å². The quantitative estimate of drug-likeness (QED) is 0.707. The second-order valence-corrected chi connectivity index (χ2v) is 5.83. The number of hydrogen-bond acceptors (Lipinski definition) is 5. The van der Waals surface area contributed by atoms with E-state index < -0.39 is 10.0 Å². The Balaban J connectivity index is 1.95. The van der Waals surface area contributed by atoms with E-state index in [1.54, 1.807) is 10.7 Å². The van der Waals surface area contributed by atoms with Gasteiger partial charge in [-0.05, 0) is 6.92 Å². The van der Waals surface area contributed by atoms with Crippen molar-refractivity contribution in [2.75, 3.05) is 12.3 Å². The summed E-state index contributed by atoms with van der Waals surface area (Å²) in [6.07, 6.45) is 3.60. The maximum Gasteiger partial charge on any atom is 0.210 e. The first-order valence-corrected chi connectivity index (χ1v) is 7.18. The van der Waals surface area contributed by atoms with Crippen molar-refractivity contribution < 1.29 is 8.42 Å². The maximum absolute atomic E-state index is 10.7. The van der Waals surface area contributed by atoms with Crippen molar-refractivity contribution in [3.05, 3.63) is 29.7 Å². The number of rotatable bonds is 5. The molecule has 18 heavy (non-hydrogen) atoms. The second-order valence-electron chi connectivity index (χ2n) is 4.09. The molecule has 0 aliphatic rings. The third-order valence-electron chi connectivity index (χ3n) is 2.38. The third-order valence-corrected chi connectivity index (χ3v) is 3.15. The summed E-state index contributed by atoms with van der Waals surface area (Å²) in [4.78, 5) is 4.25. The molecule has 0 bridgehead atoms. The summed E-state index contributed by atoms with van der Waals surface area (Å²) < 4.78 is 23.2. The molecule has 2 aromatic rings. The van der Waals surface area contributed by atoms with Crippen LogP contribution in [0.3, 0.4) is 0 Å². The van der Waals surface area contributed by atoms with E-state index in [4.69, 9.17) is 5.14 Å². The molecule has 0 saturated carbocycles. The Kier molecular flexibility index (Phi) is 3.60. The fourth-order valence-electron chi connectivity index (χ4n) is 1.57. The van der Waals surface area contributed by atoms with Crippen LogP contribution >= 0.6 is 0 Å². The highest BCUT2D eigenvalue weighted by Gasteiger charge is 2.03. The van der Waals surface area contributed by atoms with E-state index in [2.05, 4.69) is 15.4 Å². The number of nitrogens with zero attached hydrogens (tertiary/aromatic N) is 3. The first-order chi connectivity index (χ1) is 8.44. The molecule has 7 nitrogen and oxygen atoms in total. The Labute approximate surface area is 105 Å². The van der Waals surface area contributed by atoms with E-state index in [0.717, 1.165) is 16.9 Å². The summed E-state index contributed by atoms with van der Waals surface area (Å²) in [7, 11) is -3.41. The SMILES string of the molecule is Cc1cc2ncc(CNCCS(N)(=O)=O)cn2n1. The van der Waals surface area contributed by atoms with Crippen LogP contribution < -0.4 is 10.5 Å². The van der Waals surface area contributed by atoms with Crippen molar-refractivity contribution in [1.29, 1.82) is 0 Å². The van der Waals surface area contributed by atoms with Crippen LogP contribution in [0.2, 0.25) is 0 Å². The van der Waals surface area contributed by atoms with E-state index >= 15 is 0 Å². The summed E-state index contributed by atoms with van der Waals surface area (Å²) >= 11 is 0. The number of nitrogens with one attached hydrogen (secondary N) is 1. The van der Waals surface area contributed by atoms with Gasteiger partial charge in [0.1, 0.15) is 0 Å². The van der Waals surface area contributed by atoms with Crippen LogP contribution in [-0.4, -0.2) is 35.3 Å². The van der Waals surface area contributed by atoms with E-state index in [1.165, 1.54) is 0 Å². The molecule has 2 aromatic heterocycles. The van der Waals surface area contributed by atoms with Crippen molar-refractivity contribution in [2.24, 2.45) is 5.14 Å². The molecule has 3 N–H and O–H groups in total. The highest BCUT2D eigenvalue weighted by Crippen LogP contribution is 2.04. The number of nitrogens with two attached hydrogens (primary N) is 1. The van der Waals surface area contributed by atoms with Gasteiger partial charge in [-0.1, -0.05) is 0 Å². The number of sulfonamides is 1. The largest absolute Gasteiger partial charge is 0.311 e. The third kappa shape index (κ3) is 3.49. The summed E-state index contributed by atoms with van der Waals surface area (Å²) in [6, 6.07) is 1.89. The molecular weight excluding hydrogens is 254 g/mol. The summed E-state index contributed by atoms with van der Waals surface area (Å²) in [5, 5.41) is 12.1. The molecule has 0 aromatic carbocycles. The lowest BCUT2D eigenvalue weighted by molar-refractivity contribution is 0.592. The van der Waals surface area contributed by atoms with Gasteiger partial charge in [-0.3, -0.25) is 0 Å². The summed E-state index contributed by atoms with van der Waals surface area (Å²) in [5.74, 6) is -0.0798. The highest BCUT2D eigenvalue weighted by molar-refractivity contribution is 7.89. The lowest BCUT2D eigenvalue weighted by atomic mass is 10.3. The van der Waals surface area contributed by atoms with Gasteiger partial charge in [-0.2, -0.15) is 5.10 Å². The topological polar surface area (TPSA) is 102 Å². The molecule has 0 saturated heterocycles. The van der Waals surface area contributed by atoms with Gasteiger partial charge in [0.05, 0.1) is 11.4 Å². The van der Waals surface area contributed by atoms with E-state index in [9.17, 15) is 8.42 Å². The number of primary sulfonamides is 1. The molecule has 0 atom stereocenters. The van der Waals surface area contributed by atoms with Crippen molar-refractivity contribution in [2.45, 2.75) is 13.5 Å². The zero-order valence-corrected chi connectivity index (χ0v) is 10.8. The molecular formula is C10H15N5O2S. The molecule has 0 aliphatic heterocycles. The zero-order chi connectivity index (χ0) is 13.2. The minimum Gasteiger partial charge on any atom is -0.311 e. The Bertz CT molecular complexity index is 649. The minimum absolute atomic E-state index is 0.0798. The Morgan fingerprint density at radius 1 is 1.50 bits per heavy atom. The predicted octanol–water partition coefficient (Wildman–Crippen LogP) is -0.584. The van der Waals surface area contributed by atoms with Crippen LogP contribution in [0.4, 0.5) is 0 Å². The van der Waals surface area contributed by atoms with Gasteiger partial charge in [0.2, 0.25) is 10.0 Å². The molecule has 0 amide bonds. The van der Waals surface area contributed by atoms with Gasteiger partial charge in [0.25, 0.3) is 0 Å². The van der Waals surface area contributed by atoms with Crippen LogP contribution in [0, 0.1) is 6.92 Å². The number of hydrogen-bond donors (Lipinski definition) is 2. The number of aromatic nitrogens is 3. The van der Waals surface area contributed by atoms with Crippen molar-refractivity contribution in [3.63, 3.8) is 0 Å². The van der Waals surface area contributed by atoms with E-state index in [0.29, 0.717) is 13.1 Å². The van der Waals surface area contributed by atoms with E-state index in [-0.39, 0.29) is 5.75 Å². The standard InChI is InChI=1S/C10H15N5O2S/c1-8-4-10-13-6-9(7-15(10)14-8)5-12-2-3-18(11,16)17/h4,6-7,12H,2-3,5H2,1H3,(H2,11,16,17). The fraction of sp³-hybridized carbons (Fsp3) is 0.400. The van der Waals surface area contributed by atoms with Gasteiger partial charge in [-0.25, -0.2) is 23.1 Å². The maximum atomic E-state index is 10.7. The zero-order valence-electron chi connectivity index (χ0n) is 10.00. The minimum atomic E-state index is -3.41. The molecule has 2 heterocycles. The molecule has 98 valence electrons. The second kappa shape index (κ2) is 5.01. The van der Waals surface area contributed by atoms with Gasteiger partial charge in [0.15, 0.2) is 5.65 Å². The average Bonchev–Trinajstić information content (AvgIpc) is 2.62. The first kappa shape index (κ1) is 12.9. The molecule has 2 rings (SSSR count). The lowest BCUT2D eigenvalue weighted by Gasteiger charge is -2.04. The molecule has 0 spiro atoms. The number of aryl methyl sites for hydroxylation is 1. The average molecular weight is 269 g/mol. The van der Waals surface area contributed by atoms with Crippen molar-refractivity contribution in [3.8, 4) is 0 Å². The molecule has 0 fully saturated rings. The van der Waals surface area contributed by atoms with Crippen LogP contribution in [0.15, 0.2) is 18.5 Å². The van der Waals surface area contributed by atoms with Gasteiger partial charge >= 0.3 is 0 Å². The van der Waals surface area contributed by atoms with E-state index in [1.807, 2.05) is 19.2 Å². The first-order valence-electron chi connectivity index (χ1n) is 5.46. The smallest absolute Gasteiger partial charge is 0.210 e.